The number of esters is 3. The van der Waals surface area contributed by atoms with Gasteiger partial charge in [-0.05, 0) is 24.1 Å². The summed E-state index contributed by atoms with van der Waals surface area (Å²) in [5.74, 6) is -1.23. The SMILES string of the molecule is CC(=O)OC[C@H]1O[C@@H](n2cnc3c(NCCc4ccc(N)cc4)nc(I)nc32)[C@H](OC(C)=O)[C@@H]1OC(C)=O. The number of rotatable bonds is 9. The fourth-order valence-corrected chi connectivity index (χ4v) is 4.60. The molecule has 13 nitrogen and oxygen atoms in total. The van der Waals surface area contributed by atoms with E-state index in [0.717, 1.165) is 12.0 Å². The molecule has 1 aliphatic rings. The molecule has 4 rings (SSSR count). The lowest BCUT2D eigenvalue weighted by atomic mass is 10.1. The Balaban J connectivity index is 1.63. The number of carbonyl (C=O) groups is 3. The zero-order valence-electron chi connectivity index (χ0n) is 20.9. The summed E-state index contributed by atoms with van der Waals surface area (Å²) in [6, 6.07) is 7.62. The summed E-state index contributed by atoms with van der Waals surface area (Å²) >= 11 is 2.00. The Morgan fingerprint density at radius 1 is 1.05 bits per heavy atom. The highest BCUT2D eigenvalue weighted by molar-refractivity contribution is 14.1. The molecule has 0 amide bonds. The maximum Gasteiger partial charge on any atom is 0.303 e. The number of halogens is 1. The maximum absolute atomic E-state index is 12.0. The first-order chi connectivity index (χ1) is 18.1. The summed E-state index contributed by atoms with van der Waals surface area (Å²) in [6.45, 7) is 4.08. The topological polar surface area (TPSA) is 170 Å². The molecule has 0 radical (unpaired) electrons. The molecular weight excluding hydrogens is 611 g/mol. The molecule has 0 unspecified atom stereocenters. The third-order valence-corrected chi connectivity index (χ3v) is 6.18. The highest BCUT2D eigenvalue weighted by atomic mass is 127. The zero-order valence-corrected chi connectivity index (χ0v) is 23.1. The molecule has 0 bridgehead atoms. The molecule has 0 aliphatic carbocycles. The number of aromatic nitrogens is 4. The fourth-order valence-electron chi connectivity index (χ4n) is 4.13. The van der Waals surface area contributed by atoms with Gasteiger partial charge in [-0.15, -0.1) is 0 Å². The van der Waals surface area contributed by atoms with Crippen molar-refractivity contribution in [2.24, 2.45) is 0 Å². The molecule has 1 saturated heterocycles. The van der Waals surface area contributed by atoms with Crippen molar-refractivity contribution in [3.63, 3.8) is 0 Å². The van der Waals surface area contributed by atoms with Gasteiger partial charge < -0.3 is 30.0 Å². The van der Waals surface area contributed by atoms with Crippen LogP contribution in [0.3, 0.4) is 0 Å². The number of ether oxygens (including phenoxy) is 4. The molecule has 14 heteroatoms. The number of nitrogens with zero attached hydrogens (tertiary/aromatic N) is 4. The third-order valence-electron chi connectivity index (χ3n) is 5.69. The number of benzene rings is 1. The van der Waals surface area contributed by atoms with Crippen molar-refractivity contribution in [1.29, 1.82) is 0 Å². The van der Waals surface area contributed by atoms with Gasteiger partial charge >= 0.3 is 17.9 Å². The van der Waals surface area contributed by atoms with Gasteiger partial charge in [0.05, 0.1) is 6.33 Å². The van der Waals surface area contributed by atoms with Crippen LogP contribution < -0.4 is 11.1 Å². The van der Waals surface area contributed by atoms with Crippen molar-refractivity contribution in [3.05, 3.63) is 40.0 Å². The van der Waals surface area contributed by atoms with Crippen LogP contribution in [0.2, 0.25) is 0 Å². The number of nitrogen functional groups attached to an aromatic ring is 1. The Labute approximate surface area is 231 Å². The molecule has 3 heterocycles. The van der Waals surface area contributed by atoms with Crippen molar-refractivity contribution < 1.29 is 33.3 Å². The summed E-state index contributed by atoms with van der Waals surface area (Å²) < 4.78 is 24.2. The number of hydrogen-bond acceptors (Lipinski definition) is 12. The second-order valence-corrected chi connectivity index (χ2v) is 9.56. The van der Waals surface area contributed by atoms with Crippen LogP contribution in [0.4, 0.5) is 11.5 Å². The maximum atomic E-state index is 12.0. The van der Waals surface area contributed by atoms with Gasteiger partial charge in [0.2, 0.25) is 0 Å². The Hall–Kier alpha value is -3.53. The molecule has 0 saturated carbocycles. The molecule has 3 aromatic rings. The lowest BCUT2D eigenvalue weighted by Gasteiger charge is -2.23. The minimum Gasteiger partial charge on any atom is -0.463 e. The number of fused-ring (bicyclic) bond motifs is 1. The molecule has 0 spiro atoms. The van der Waals surface area contributed by atoms with E-state index in [4.69, 9.17) is 24.7 Å². The van der Waals surface area contributed by atoms with Crippen molar-refractivity contribution in [1.82, 2.24) is 19.5 Å². The molecule has 1 fully saturated rings. The number of nitrogens with two attached hydrogens (primary N) is 1. The zero-order chi connectivity index (χ0) is 27.4. The van der Waals surface area contributed by atoms with Crippen LogP contribution in [0.5, 0.6) is 0 Å². The molecule has 202 valence electrons. The van der Waals surface area contributed by atoms with E-state index in [2.05, 4.69) is 20.3 Å². The third kappa shape index (κ3) is 6.48. The van der Waals surface area contributed by atoms with E-state index in [1.165, 1.54) is 27.1 Å². The van der Waals surface area contributed by atoms with Crippen molar-refractivity contribution in [2.75, 3.05) is 24.2 Å². The molecule has 38 heavy (non-hydrogen) atoms. The Morgan fingerprint density at radius 2 is 1.74 bits per heavy atom. The van der Waals surface area contributed by atoms with E-state index >= 15 is 0 Å². The average Bonchev–Trinajstić information content (AvgIpc) is 3.39. The molecule has 1 aliphatic heterocycles. The molecular formula is C24H27IN6O7. The van der Waals surface area contributed by atoms with Crippen LogP contribution in [0.25, 0.3) is 11.2 Å². The average molecular weight is 638 g/mol. The van der Waals surface area contributed by atoms with E-state index in [-0.39, 0.29) is 6.61 Å². The Bertz CT molecular complexity index is 1330. The standard InChI is InChI=1S/C24H27IN6O7/c1-12(32)35-10-17-19(36-13(2)33)20(37-14(3)34)23(38-17)31-11-28-18-21(29-24(25)30-22(18)31)27-9-8-15-4-6-16(26)7-5-15/h4-7,11,17,19-20,23H,8-10,26H2,1-3H3,(H,27,29,30)/t17-,19-,20-,23-/m1/s1. The van der Waals surface area contributed by atoms with Gasteiger partial charge in [-0.3, -0.25) is 19.0 Å². The van der Waals surface area contributed by atoms with Crippen molar-refractivity contribution in [3.8, 4) is 0 Å². The Kier molecular flexibility index (Phi) is 8.61. The van der Waals surface area contributed by atoms with E-state index in [1.54, 1.807) is 4.57 Å². The van der Waals surface area contributed by atoms with Crippen LogP contribution >= 0.6 is 22.6 Å². The van der Waals surface area contributed by atoms with Gasteiger partial charge in [-0.25, -0.2) is 15.0 Å². The van der Waals surface area contributed by atoms with Crippen LogP contribution in [0, 0.1) is 3.83 Å². The van der Waals surface area contributed by atoms with Crippen LogP contribution in [0.15, 0.2) is 30.6 Å². The molecule has 3 N–H and O–H groups in total. The highest BCUT2D eigenvalue weighted by Crippen LogP contribution is 2.36. The van der Waals surface area contributed by atoms with Crippen LogP contribution in [0.1, 0.15) is 32.6 Å². The summed E-state index contributed by atoms with van der Waals surface area (Å²) in [6.07, 6.45) is -1.73. The highest BCUT2D eigenvalue weighted by Gasteiger charge is 2.51. The van der Waals surface area contributed by atoms with E-state index in [0.29, 0.717) is 33.0 Å². The first-order valence-corrected chi connectivity index (χ1v) is 12.8. The van der Waals surface area contributed by atoms with E-state index in [9.17, 15) is 14.4 Å². The van der Waals surface area contributed by atoms with Gasteiger partial charge in [0.1, 0.15) is 12.7 Å². The number of nitrogens with one attached hydrogen (secondary N) is 1. The fraction of sp³-hybridized carbons (Fsp3) is 0.417. The predicted octanol–water partition coefficient (Wildman–Crippen LogP) is 1.99. The van der Waals surface area contributed by atoms with Gasteiger partial charge in [0, 0.05) is 55.6 Å². The largest absolute Gasteiger partial charge is 0.463 e. The summed E-state index contributed by atoms with van der Waals surface area (Å²) in [5.41, 5.74) is 8.45. The minimum absolute atomic E-state index is 0.210. The number of anilines is 2. The second-order valence-electron chi connectivity index (χ2n) is 8.60. The first kappa shape index (κ1) is 27.5. The molecule has 1 aromatic carbocycles. The lowest BCUT2D eigenvalue weighted by Crippen LogP contribution is -2.40. The molecule has 2 aromatic heterocycles. The van der Waals surface area contributed by atoms with Crippen LogP contribution in [-0.4, -0.2) is 68.9 Å². The summed E-state index contributed by atoms with van der Waals surface area (Å²) in [4.78, 5) is 48.7. The van der Waals surface area contributed by atoms with E-state index < -0.39 is 42.4 Å². The minimum atomic E-state index is -1.05. The summed E-state index contributed by atoms with van der Waals surface area (Å²) in [7, 11) is 0. The summed E-state index contributed by atoms with van der Waals surface area (Å²) in [5, 5.41) is 3.30. The second kappa shape index (κ2) is 11.9. The smallest absolute Gasteiger partial charge is 0.303 e. The quantitative estimate of drug-likeness (QED) is 0.115. The van der Waals surface area contributed by atoms with Crippen LogP contribution in [-0.2, 0) is 39.8 Å². The normalized spacial score (nSPS) is 20.7. The predicted molar refractivity (Wildman–Crippen MR) is 143 cm³/mol. The van der Waals surface area contributed by atoms with Gasteiger partial charge in [-0.1, -0.05) is 12.1 Å². The van der Waals surface area contributed by atoms with Gasteiger partial charge in [-0.2, -0.15) is 0 Å². The molecule has 4 atom stereocenters. The van der Waals surface area contributed by atoms with Gasteiger partial charge in [0.15, 0.2) is 39.2 Å². The lowest BCUT2D eigenvalue weighted by molar-refractivity contribution is -0.166. The number of carbonyl (C=O) groups excluding carboxylic acids is 3. The monoisotopic (exact) mass is 638 g/mol. The van der Waals surface area contributed by atoms with E-state index in [1.807, 2.05) is 46.9 Å². The number of imidazole rings is 1. The first-order valence-electron chi connectivity index (χ1n) is 11.7. The van der Waals surface area contributed by atoms with Crippen molar-refractivity contribution >= 4 is 63.2 Å². The number of hydrogen-bond donors (Lipinski definition) is 2. The van der Waals surface area contributed by atoms with Crippen molar-refractivity contribution in [2.45, 2.75) is 51.7 Å². The Morgan fingerprint density at radius 3 is 2.39 bits per heavy atom. The van der Waals surface area contributed by atoms with Gasteiger partial charge in [0.25, 0.3) is 0 Å².